The van der Waals surface area contributed by atoms with Crippen LogP contribution in [-0.2, 0) is 4.74 Å². The van der Waals surface area contributed by atoms with Gasteiger partial charge in [0.1, 0.15) is 0 Å². The van der Waals surface area contributed by atoms with Gasteiger partial charge in [-0.2, -0.15) is 0 Å². The summed E-state index contributed by atoms with van der Waals surface area (Å²) in [4.78, 5) is 13.3. The van der Waals surface area contributed by atoms with Crippen molar-refractivity contribution in [1.82, 2.24) is 0 Å². The van der Waals surface area contributed by atoms with Crippen LogP contribution in [0.2, 0.25) is 0 Å². The quantitative estimate of drug-likeness (QED) is 0.686. The number of aldehydes is 1. The van der Waals surface area contributed by atoms with Gasteiger partial charge in [-0.1, -0.05) is 12.1 Å². The van der Waals surface area contributed by atoms with Crippen molar-refractivity contribution in [2.45, 2.75) is 18.9 Å². The van der Waals surface area contributed by atoms with E-state index >= 15 is 0 Å². The van der Waals surface area contributed by atoms with E-state index in [1.165, 1.54) is 12.8 Å². The second-order valence-corrected chi connectivity index (χ2v) is 4.09. The van der Waals surface area contributed by atoms with Crippen LogP contribution in [0.5, 0.6) is 0 Å². The summed E-state index contributed by atoms with van der Waals surface area (Å²) in [5.74, 6) is 0. The number of methoxy groups -OCH3 is 1. The monoisotopic (exact) mass is 219 g/mol. The fraction of sp³-hybridized carbons (Fsp3) is 0.462. The van der Waals surface area contributed by atoms with Gasteiger partial charge in [-0.15, -0.1) is 0 Å². The molecule has 1 aromatic rings. The molecule has 0 radical (unpaired) electrons. The Kier molecular flexibility index (Phi) is 3.57. The van der Waals surface area contributed by atoms with Crippen LogP contribution in [-0.4, -0.2) is 32.6 Å². The third-order valence-corrected chi connectivity index (χ3v) is 2.90. The fourth-order valence-electron chi connectivity index (χ4n) is 1.92. The lowest BCUT2D eigenvalue weighted by Crippen LogP contribution is -2.30. The summed E-state index contributed by atoms with van der Waals surface area (Å²) in [6.07, 6.45) is 3.37. The Labute approximate surface area is 96.0 Å². The summed E-state index contributed by atoms with van der Waals surface area (Å²) in [6, 6.07) is 8.35. The highest BCUT2D eigenvalue weighted by molar-refractivity contribution is 5.84. The van der Waals surface area contributed by atoms with Gasteiger partial charge in [0.2, 0.25) is 0 Å². The molecule has 3 nitrogen and oxygen atoms in total. The number of benzene rings is 1. The zero-order chi connectivity index (χ0) is 11.4. The molecule has 1 saturated carbocycles. The maximum atomic E-state index is 11.0. The molecule has 1 aromatic carbocycles. The number of carbonyl (C=O) groups excluding carboxylic acids is 1. The molecule has 0 aliphatic heterocycles. The van der Waals surface area contributed by atoms with E-state index in [-0.39, 0.29) is 0 Å². The first-order chi connectivity index (χ1) is 7.86. The molecule has 16 heavy (non-hydrogen) atoms. The molecule has 0 heterocycles. The lowest BCUT2D eigenvalue weighted by molar-refractivity contribution is 0.112. The van der Waals surface area contributed by atoms with Gasteiger partial charge in [0.15, 0.2) is 6.29 Å². The van der Waals surface area contributed by atoms with Crippen molar-refractivity contribution in [3.05, 3.63) is 29.8 Å². The molecule has 86 valence electrons. The van der Waals surface area contributed by atoms with E-state index < -0.39 is 0 Å². The van der Waals surface area contributed by atoms with Crippen molar-refractivity contribution in [3.8, 4) is 0 Å². The minimum atomic E-state index is 0.594. The minimum absolute atomic E-state index is 0.594. The van der Waals surface area contributed by atoms with E-state index in [0.29, 0.717) is 12.6 Å². The summed E-state index contributed by atoms with van der Waals surface area (Å²) >= 11 is 0. The second kappa shape index (κ2) is 5.12. The maximum Gasteiger partial charge on any atom is 0.152 e. The molecule has 1 fully saturated rings. The first-order valence-electron chi connectivity index (χ1n) is 5.66. The molecule has 0 N–H and O–H groups in total. The van der Waals surface area contributed by atoms with Crippen LogP contribution in [0.25, 0.3) is 0 Å². The van der Waals surface area contributed by atoms with Crippen LogP contribution in [0.4, 0.5) is 5.69 Å². The van der Waals surface area contributed by atoms with Gasteiger partial charge in [-0.05, 0) is 25.0 Å². The number of carbonyl (C=O) groups is 1. The predicted octanol–water partition coefficient (Wildman–Crippen LogP) is 2.11. The number of para-hydroxylation sites is 1. The first kappa shape index (κ1) is 11.1. The van der Waals surface area contributed by atoms with Crippen molar-refractivity contribution in [3.63, 3.8) is 0 Å². The van der Waals surface area contributed by atoms with Gasteiger partial charge in [0.25, 0.3) is 0 Å². The van der Waals surface area contributed by atoms with Crippen LogP contribution in [0, 0.1) is 0 Å². The van der Waals surface area contributed by atoms with E-state index in [9.17, 15) is 4.79 Å². The summed E-state index contributed by atoms with van der Waals surface area (Å²) in [5.41, 5.74) is 1.81. The number of ether oxygens (including phenoxy) is 1. The lowest BCUT2D eigenvalue weighted by atomic mass is 10.1. The van der Waals surface area contributed by atoms with Gasteiger partial charge in [0.05, 0.1) is 6.61 Å². The zero-order valence-electron chi connectivity index (χ0n) is 9.56. The Morgan fingerprint density at radius 3 is 2.81 bits per heavy atom. The molecule has 1 aliphatic carbocycles. The van der Waals surface area contributed by atoms with Crippen LogP contribution in [0.1, 0.15) is 23.2 Å². The zero-order valence-corrected chi connectivity index (χ0v) is 9.56. The average Bonchev–Trinajstić information content (AvgIpc) is 3.14. The van der Waals surface area contributed by atoms with Crippen molar-refractivity contribution in [2.24, 2.45) is 0 Å². The smallest absolute Gasteiger partial charge is 0.152 e. The molecule has 0 amide bonds. The summed E-state index contributed by atoms with van der Waals surface area (Å²) in [5, 5.41) is 0. The van der Waals surface area contributed by atoms with E-state index in [4.69, 9.17) is 4.74 Å². The van der Waals surface area contributed by atoms with E-state index in [2.05, 4.69) is 4.90 Å². The van der Waals surface area contributed by atoms with Crippen LogP contribution < -0.4 is 4.90 Å². The SMILES string of the molecule is COCCN(c1ccccc1C=O)C1CC1. The topological polar surface area (TPSA) is 29.5 Å². The molecule has 0 atom stereocenters. The van der Waals surface area contributed by atoms with Crippen LogP contribution >= 0.6 is 0 Å². The van der Waals surface area contributed by atoms with Crippen LogP contribution in [0.15, 0.2) is 24.3 Å². The number of rotatable bonds is 6. The van der Waals surface area contributed by atoms with Gasteiger partial charge >= 0.3 is 0 Å². The summed E-state index contributed by atoms with van der Waals surface area (Å²) < 4.78 is 5.12. The largest absolute Gasteiger partial charge is 0.383 e. The molecule has 1 aliphatic rings. The average molecular weight is 219 g/mol. The van der Waals surface area contributed by atoms with Crippen molar-refractivity contribution >= 4 is 12.0 Å². The summed E-state index contributed by atoms with van der Waals surface area (Å²) in [7, 11) is 1.71. The van der Waals surface area contributed by atoms with E-state index in [0.717, 1.165) is 24.1 Å². The first-order valence-corrected chi connectivity index (χ1v) is 5.66. The Morgan fingerprint density at radius 2 is 2.19 bits per heavy atom. The molecular formula is C13H17NO2. The van der Waals surface area contributed by atoms with Crippen LogP contribution in [0.3, 0.4) is 0 Å². The highest BCUT2D eigenvalue weighted by Gasteiger charge is 2.29. The van der Waals surface area contributed by atoms with Crippen molar-refractivity contribution < 1.29 is 9.53 Å². The summed E-state index contributed by atoms with van der Waals surface area (Å²) in [6.45, 7) is 1.55. The number of hydrogen-bond donors (Lipinski definition) is 0. The third-order valence-electron chi connectivity index (χ3n) is 2.90. The second-order valence-electron chi connectivity index (χ2n) is 4.09. The van der Waals surface area contributed by atoms with E-state index in [1.807, 2.05) is 24.3 Å². The predicted molar refractivity (Wildman–Crippen MR) is 64.1 cm³/mol. The highest BCUT2D eigenvalue weighted by Crippen LogP contribution is 2.32. The Morgan fingerprint density at radius 1 is 1.44 bits per heavy atom. The number of hydrogen-bond acceptors (Lipinski definition) is 3. The number of nitrogens with zero attached hydrogens (tertiary/aromatic N) is 1. The lowest BCUT2D eigenvalue weighted by Gasteiger charge is -2.25. The molecule has 0 saturated heterocycles. The molecular weight excluding hydrogens is 202 g/mol. The fourth-order valence-corrected chi connectivity index (χ4v) is 1.92. The van der Waals surface area contributed by atoms with Crippen molar-refractivity contribution in [2.75, 3.05) is 25.2 Å². The molecule has 2 rings (SSSR count). The normalized spacial score (nSPS) is 14.8. The van der Waals surface area contributed by atoms with Crippen molar-refractivity contribution in [1.29, 1.82) is 0 Å². The molecule has 0 aromatic heterocycles. The Hall–Kier alpha value is -1.35. The maximum absolute atomic E-state index is 11.0. The van der Waals surface area contributed by atoms with Gasteiger partial charge in [0, 0.05) is 30.9 Å². The Balaban J connectivity index is 2.19. The standard InChI is InChI=1S/C13H17NO2/c1-16-9-8-14(12-6-7-12)13-5-3-2-4-11(13)10-15/h2-5,10,12H,6-9H2,1H3. The Bertz CT molecular complexity index is 361. The van der Waals surface area contributed by atoms with E-state index in [1.54, 1.807) is 7.11 Å². The molecule has 0 bridgehead atoms. The molecule has 0 spiro atoms. The van der Waals surface area contributed by atoms with Gasteiger partial charge in [-0.3, -0.25) is 4.79 Å². The van der Waals surface area contributed by atoms with Gasteiger partial charge < -0.3 is 9.64 Å². The highest BCUT2D eigenvalue weighted by atomic mass is 16.5. The van der Waals surface area contributed by atoms with Gasteiger partial charge in [-0.25, -0.2) is 0 Å². The molecule has 3 heteroatoms. The third kappa shape index (κ3) is 2.42. The minimum Gasteiger partial charge on any atom is -0.383 e. The molecule has 0 unspecified atom stereocenters. The number of anilines is 1.